The second-order valence-electron chi connectivity index (χ2n) is 8.13. The molecule has 0 aliphatic carbocycles. The molecular formula is C20H34N2O4S2. The zero-order valence-corrected chi connectivity index (χ0v) is 19.2. The summed E-state index contributed by atoms with van der Waals surface area (Å²) in [4.78, 5) is 2.47. The first-order chi connectivity index (χ1) is 13.0. The van der Waals surface area contributed by atoms with E-state index in [-0.39, 0.29) is 21.9 Å². The lowest BCUT2D eigenvalue weighted by molar-refractivity contribution is 0.130. The first-order valence-electron chi connectivity index (χ1n) is 9.98. The Labute approximate surface area is 170 Å². The van der Waals surface area contributed by atoms with Gasteiger partial charge in [-0.25, -0.2) is 16.8 Å². The highest BCUT2D eigenvalue weighted by Gasteiger charge is 2.46. The van der Waals surface area contributed by atoms with Crippen LogP contribution in [0, 0.1) is 0 Å². The Morgan fingerprint density at radius 1 is 1.07 bits per heavy atom. The molecule has 1 aliphatic rings. The molecule has 0 spiro atoms. The van der Waals surface area contributed by atoms with Gasteiger partial charge in [0, 0.05) is 18.1 Å². The molecule has 1 N–H and O–H groups in total. The van der Waals surface area contributed by atoms with Crippen molar-refractivity contribution in [3.63, 3.8) is 0 Å². The van der Waals surface area contributed by atoms with Gasteiger partial charge in [0.05, 0.1) is 21.7 Å². The second kappa shape index (κ2) is 8.81. The summed E-state index contributed by atoms with van der Waals surface area (Å²) in [6.07, 6.45) is 0.822. The Kier molecular flexibility index (Phi) is 7.34. The van der Waals surface area contributed by atoms with Gasteiger partial charge in [0.25, 0.3) is 0 Å². The van der Waals surface area contributed by atoms with Gasteiger partial charge >= 0.3 is 0 Å². The van der Waals surface area contributed by atoms with E-state index in [4.69, 9.17) is 0 Å². The first kappa shape index (κ1) is 23.3. The molecule has 0 aromatic heterocycles. The Morgan fingerprint density at radius 3 is 2.14 bits per heavy atom. The highest BCUT2D eigenvalue weighted by molar-refractivity contribution is 7.96. The monoisotopic (exact) mass is 430 g/mol. The molecule has 1 fully saturated rings. The average molecular weight is 431 g/mol. The summed E-state index contributed by atoms with van der Waals surface area (Å²) in [6.45, 7) is 12.6. The summed E-state index contributed by atoms with van der Waals surface area (Å²) in [5, 5.41) is 2.31. The number of nitrogens with zero attached hydrogens (tertiary/aromatic N) is 1. The summed E-state index contributed by atoms with van der Waals surface area (Å²) in [6, 6.07) is 6.17. The second-order valence-corrected chi connectivity index (χ2v) is 12.5. The Hall–Kier alpha value is -0.960. The molecule has 6 nitrogen and oxygen atoms in total. The predicted molar refractivity (Wildman–Crippen MR) is 114 cm³/mol. The molecular weight excluding hydrogens is 396 g/mol. The molecule has 1 saturated heterocycles. The number of aryl methyl sites for hydroxylation is 1. The number of sulfone groups is 2. The van der Waals surface area contributed by atoms with Gasteiger partial charge in [-0.2, -0.15) is 0 Å². The van der Waals surface area contributed by atoms with Gasteiger partial charge in [-0.1, -0.05) is 32.9 Å². The lowest BCUT2D eigenvalue weighted by Gasteiger charge is -2.38. The van der Waals surface area contributed by atoms with E-state index in [0.29, 0.717) is 6.54 Å². The molecule has 1 aliphatic heterocycles. The van der Waals surface area contributed by atoms with Crippen LogP contribution in [0.4, 0.5) is 0 Å². The van der Waals surface area contributed by atoms with Crippen molar-refractivity contribution in [2.24, 2.45) is 0 Å². The fraction of sp³-hybridized carbons (Fsp3) is 0.700. The molecule has 2 rings (SSSR count). The van der Waals surface area contributed by atoms with E-state index >= 15 is 0 Å². The van der Waals surface area contributed by atoms with Crippen LogP contribution in [0.15, 0.2) is 29.2 Å². The van der Waals surface area contributed by atoms with E-state index in [2.05, 4.69) is 37.9 Å². The number of hydrogen-bond acceptors (Lipinski definition) is 6. The molecule has 28 heavy (non-hydrogen) atoms. The van der Waals surface area contributed by atoms with Gasteiger partial charge in [0.15, 0.2) is 19.7 Å². The third kappa shape index (κ3) is 5.14. The predicted octanol–water partition coefficient (Wildman–Crippen LogP) is 1.90. The number of hydrogen-bond donors (Lipinski definition) is 1. The fourth-order valence-electron chi connectivity index (χ4n) is 3.97. The highest BCUT2D eigenvalue weighted by Crippen LogP contribution is 2.27. The minimum absolute atomic E-state index is 0.141. The number of nitrogens with one attached hydrogen (secondary N) is 1. The minimum atomic E-state index is -3.74. The van der Waals surface area contributed by atoms with Crippen molar-refractivity contribution >= 4 is 19.7 Å². The van der Waals surface area contributed by atoms with Gasteiger partial charge < -0.3 is 5.32 Å². The van der Waals surface area contributed by atoms with E-state index in [1.807, 2.05) is 6.92 Å². The summed E-state index contributed by atoms with van der Waals surface area (Å²) >= 11 is 0. The third-order valence-corrected chi connectivity index (χ3v) is 9.94. The largest absolute Gasteiger partial charge is 0.310 e. The van der Waals surface area contributed by atoms with Crippen molar-refractivity contribution in [1.82, 2.24) is 10.2 Å². The summed E-state index contributed by atoms with van der Waals surface area (Å²) in [5.41, 5.74) is 0.848. The van der Waals surface area contributed by atoms with E-state index in [1.54, 1.807) is 24.3 Å². The molecule has 0 radical (unpaired) electrons. The van der Waals surface area contributed by atoms with Crippen molar-refractivity contribution in [3.8, 4) is 0 Å². The van der Waals surface area contributed by atoms with Crippen LogP contribution in [0.25, 0.3) is 0 Å². The summed E-state index contributed by atoms with van der Waals surface area (Å²) < 4.78 is 50.9. The van der Waals surface area contributed by atoms with Crippen molar-refractivity contribution in [1.29, 1.82) is 0 Å². The topological polar surface area (TPSA) is 83.5 Å². The molecule has 0 saturated carbocycles. The zero-order chi connectivity index (χ0) is 21.2. The Bertz CT molecular complexity index is 858. The van der Waals surface area contributed by atoms with Crippen molar-refractivity contribution < 1.29 is 16.8 Å². The van der Waals surface area contributed by atoms with Crippen LogP contribution in [0.5, 0.6) is 0 Å². The molecule has 1 heterocycles. The first-order valence-corrected chi connectivity index (χ1v) is 13.3. The molecule has 1 aromatic carbocycles. The van der Waals surface area contributed by atoms with Gasteiger partial charge in [0.1, 0.15) is 0 Å². The van der Waals surface area contributed by atoms with Crippen LogP contribution in [-0.2, 0) is 26.1 Å². The zero-order valence-electron chi connectivity index (χ0n) is 17.6. The summed E-state index contributed by atoms with van der Waals surface area (Å²) in [7, 11) is -7.14. The van der Waals surface area contributed by atoms with Gasteiger partial charge in [-0.15, -0.1) is 0 Å². The van der Waals surface area contributed by atoms with E-state index in [1.165, 1.54) is 0 Å². The minimum Gasteiger partial charge on any atom is -0.310 e. The molecule has 2 atom stereocenters. The lowest BCUT2D eigenvalue weighted by atomic mass is 10.0. The van der Waals surface area contributed by atoms with Gasteiger partial charge in [-0.3, -0.25) is 4.90 Å². The van der Waals surface area contributed by atoms with Crippen LogP contribution in [-0.4, -0.2) is 69.7 Å². The van der Waals surface area contributed by atoms with Crippen molar-refractivity contribution in [2.45, 2.75) is 62.8 Å². The number of likely N-dealkylation sites (N-methyl/N-ethyl adjacent to an activating group) is 1. The van der Waals surface area contributed by atoms with Crippen LogP contribution >= 0.6 is 0 Å². The van der Waals surface area contributed by atoms with Crippen molar-refractivity contribution in [2.75, 3.05) is 31.1 Å². The molecule has 0 amide bonds. The molecule has 0 unspecified atom stereocenters. The maximum absolute atomic E-state index is 13.2. The lowest BCUT2D eigenvalue weighted by Crippen LogP contribution is -2.54. The molecule has 0 bridgehead atoms. The maximum Gasteiger partial charge on any atom is 0.183 e. The fourth-order valence-corrected chi connectivity index (χ4v) is 8.69. The number of benzene rings is 1. The molecule has 160 valence electrons. The smallest absolute Gasteiger partial charge is 0.183 e. The standard InChI is InChI=1S/C20H34N2O4S2/c1-6-16-9-11-17(12-10-16)28(25,26)19-14-27(23,24)13-18(19)21-15-20(4,5)22(7-2)8-3/h9-12,18-19,21H,6-8,13-15H2,1-5H3/t18-,19-/m0/s1. The highest BCUT2D eigenvalue weighted by atomic mass is 32.2. The van der Waals surface area contributed by atoms with Gasteiger partial charge in [0.2, 0.25) is 0 Å². The molecule has 8 heteroatoms. The van der Waals surface area contributed by atoms with Crippen molar-refractivity contribution in [3.05, 3.63) is 29.8 Å². The maximum atomic E-state index is 13.2. The van der Waals surface area contributed by atoms with E-state index in [9.17, 15) is 16.8 Å². The Morgan fingerprint density at radius 2 is 1.64 bits per heavy atom. The SMILES string of the molecule is CCc1ccc(S(=O)(=O)[C@H]2CS(=O)(=O)C[C@@H]2NCC(C)(C)N(CC)CC)cc1. The quantitative estimate of drug-likeness (QED) is 0.644. The van der Waals surface area contributed by atoms with Crippen LogP contribution < -0.4 is 5.32 Å². The van der Waals surface area contributed by atoms with E-state index in [0.717, 1.165) is 25.1 Å². The average Bonchev–Trinajstić information content (AvgIpc) is 2.96. The van der Waals surface area contributed by atoms with Crippen LogP contribution in [0.2, 0.25) is 0 Å². The summed E-state index contributed by atoms with van der Waals surface area (Å²) in [5.74, 6) is -0.466. The number of rotatable bonds is 9. The van der Waals surface area contributed by atoms with Crippen LogP contribution in [0.3, 0.4) is 0 Å². The van der Waals surface area contributed by atoms with Gasteiger partial charge in [-0.05, 0) is 51.1 Å². The molecule has 1 aromatic rings. The van der Waals surface area contributed by atoms with Crippen LogP contribution in [0.1, 0.15) is 40.2 Å². The normalized spacial score (nSPS) is 22.6. The van der Waals surface area contributed by atoms with E-state index < -0.39 is 31.0 Å². The Balaban J connectivity index is 2.25. The third-order valence-electron chi connectivity index (χ3n) is 5.78.